The normalized spacial score (nSPS) is 14.7. The van der Waals surface area contributed by atoms with Crippen molar-refractivity contribution in [3.8, 4) is 0 Å². The first-order valence-electron chi connectivity index (χ1n) is 5.00. The molecule has 15 heavy (non-hydrogen) atoms. The van der Waals surface area contributed by atoms with Crippen LogP contribution in [0.5, 0.6) is 0 Å². The van der Waals surface area contributed by atoms with Crippen LogP contribution in [0.1, 0.15) is 26.3 Å². The van der Waals surface area contributed by atoms with Crippen molar-refractivity contribution in [3.63, 3.8) is 0 Å². The van der Waals surface area contributed by atoms with Crippen LogP contribution in [0, 0.1) is 0 Å². The Morgan fingerprint density at radius 3 is 2.33 bits per heavy atom. The van der Waals surface area contributed by atoms with Crippen LogP contribution in [0.4, 0.5) is 0 Å². The van der Waals surface area contributed by atoms with E-state index in [4.69, 9.17) is 10.5 Å². The minimum Gasteiger partial charge on any atom is -0.461 e. The number of esters is 1. The first kappa shape index (κ1) is 11.7. The van der Waals surface area contributed by atoms with Crippen molar-refractivity contribution in [2.45, 2.75) is 32.4 Å². The lowest BCUT2D eigenvalue weighted by atomic mass is 9.93. The van der Waals surface area contributed by atoms with E-state index in [2.05, 4.69) is 0 Å². The third-order valence-corrected chi connectivity index (χ3v) is 2.14. The summed E-state index contributed by atoms with van der Waals surface area (Å²) in [6, 6.07) is 9.22. The van der Waals surface area contributed by atoms with Gasteiger partial charge in [-0.1, -0.05) is 30.3 Å². The Labute approximate surface area is 90.2 Å². The summed E-state index contributed by atoms with van der Waals surface area (Å²) in [5, 5.41) is 0. The fourth-order valence-electron chi connectivity index (χ4n) is 1.24. The smallest absolute Gasteiger partial charge is 0.330 e. The van der Waals surface area contributed by atoms with Crippen LogP contribution >= 0.6 is 0 Å². The topological polar surface area (TPSA) is 52.3 Å². The summed E-state index contributed by atoms with van der Waals surface area (Å²) in [5.74, 6) is -0.399. The van der Waals surface area contributed by atoms with Crippen LogP contribution in [0.15, 0.2) is 30.3 Å². The van der Waals surface area contributed by atoms with Gasteiger partial charge in [-0.25, -0.2) is 4.79 Å². The summed E-state index contributed by atoms with van der Waals surface area (Å²) in [4.78, 5) is 11.7. The van der Waals surface area contributed by atoms with Crippen LogP contribution in [0.2, 0.25) is 0 Å². The summed E-state index contributed by atoms with van der Waals surface area (Å²) in [5.41, 5.74) is 5.64. The molecule has 1 aromatic rings. The molecule has 0 saturated heterocycles. The highest BCUT2D eigenvalue weighted by atomic mass is 16.5. The minimum absolute atomic E-state index is 0.149. The van der Waals surface area contributed by atoms with Gasteiger partial charge in [-0.05, 0) is 26.3 Å². The number of hydrogen-bond acceptors (Lipinski definition) is 3. The molecule has 0 saturated carbocycles. The molecule has 1 aromatic carbocycles. The summed E-state index contributed by atoms with van der Waals surface area (Å²) < 4.78 is 5.11. The lowest BCUT2D eigenvalue weighted by molar-refractivity contribution is -0.153. The lowest BCUT2D eigenvalue weighted by Gasteiger charge is -2.24. The Balaban J connectivity index is 2.88. The van der Waals surface area contributed by atoms with Gasteiger partial charge in [-0.15, -0.1) is 0 Å². The van der Waals surface area contributed by atoms with Crippen LogP contribution in [0.25, 0.3) is 0 Å². The fourth-order valence-corrected chi connectivity index (χ4v) is 1.24. The summed E-state index contributed by atoms with van der Waals surface area (Å²) in [7, 11) is 0. The molecule has 1 unspecified atom stereocenters. The number of ether oxygens (including phenoxy) is 1. The largest absolute Gasteiger partial charge is 0.461 e. The Morgan fingerprint density at radius 2 is 1.87 bits per heavy atom. The minimum atomic E-state index is -1.08. The van der Waals surface area contributed by atoms with E-state index in [1.54, 1.807) is 20.8 Å². The Morgan fingerprint density at radius 1 is 1.33 bits per heavy atom. The molecule has 82 valence electrons. The monoisotopic (exact) mass is 207 g/mol. The molecule has 0 amide bonds. The zero-order valence-corrected chi connectivity index (χ0v) is 9.36. The molecular formula is C12H17NO2. The second kappa shape index (κ2) is 4.45. The maximum Gasteiger partial charge on any atom is 0.330 e. The molecular weight excluding hydrogens is 190 g/mol. The molecule has 2 N–H and O–H groups in total. The van der Waals surface area contributed by atoms with E-state index in [1.807, 2.05) is 30.3 Å². The molecule has 3 heteroatoms. The number of carbonyl (C=O) groups is 1. The molecule has 1 atom stereocenters. The molecule has 0 bridgehead atoms. The quantitative estimate of drug-likeness (QED) is 0.769. The van der Waals surface area contributed by atoms with Gasteiger partial charge < -0.3 is 10.5 Å². The van der Waals surface area contributed by atoms with Crippen molar-refractivity contribution in [1.29, 1.82) is 0 Å². The second-order valence-corrected chi connectivity index (χ2v) is 4.02. The summed E-state index contributed by atoms with van der Waals surface area (Å²) in [6.45, 7) is 5.27. The number of hydrogen-bond donors (Lipinski definition) is 1. The predicted octanol–water partition coefficient (Wildman–Crippen LogP) is 1.81. The average molecular weight is 207 g/mol. The molecule has 0 fully saturated rings. The maximum absolute atomic E-state index is 11.7. The third kappa shape index (κ3) is 2.80. The van der Waals surface area contributed by atoms with E-state index < -0.39 is 11.5 Å². The highest BCUT2D eigenvalue weighted by Gasteiger charge is 2.32. The van der Waals surface area contributed by atoms with E-state index in [1.165, 1.54) is 0 Å². The fraction of sp³-hybridized carbons (Fsp3) is 0.417. The Bertz CT molecular complexity index is 331. The Kier molecular flexibility index (Phi) is 3.48. The third-order valence-electron chi connectivity index (χ3n) is 2.14. The van der Waals surface area contributed by atoms with Gasteiger partial charge in [-0.2, -0.15) is 0 Å². The highest BCUT2D eigenvalue weighted by molar-refractivity contribution is 5.81. The van der Waals surface area contributed by atoms with Gasteiger partial charge in [0, 0.05) is 0 Å². The van der Waals surface area contributed by atoms with Crippen LogP contribution in [0.3, 0.4) is 0 Å². The van der Waals surface area contributed by atoms with Crippen molar-refractivity contribution in [2.24, 2.45) is 5.73 Å². The van der Waals surface area contributed by atoms with Crippen molar-refractivity contribution >= 4 is 5.97 Å². The van der Waals surface area contributed by atoms with Gasteiger partial charge in [0.2, 0.25) is 0 Å². The first-order chi connectivity index (χ1) is 6.94. The number of rotatable bonds is 3. The number of carbonyl (C=O) groups excluding carboxylic acids is 1. The van der Waals surface area contributed by atoms with E-state index in [9.17, 15) is 4.79 Å². The number of benzene rings is 1. The van der Waals surface area contributed by atoms with Gasteiger partial charge in [0.25, 0.3) is 0 Å². The van der Waals surface area contributed by atoms with E-state index in [0.29, 0.717) is 0 Å². The summed E-state index contributed by atoms with van der Waals surface area (Å²) >= 11 is 0. The van der Waals surface area contributed by atoms with E-state index in [-0.39, 0.29) is 6.10 Å². The van der Waals surface area contributed by atoms with Crippen LogP contribution in [-0.4, -0.2) is 12.1 Å². The van der Waals surface area contributed by atoms with Crippen molar-refractivity contribution in [1.82, 2.24) is 0 Å². The molecule has 0 aliphatic carbocycles. The van der Waals surface area contributed by atoms with Crippen LogP contribution in [-0.2, 0) is 15.1 Å². The van der Waals surface area contributed by atoms with Gasteiger partial charge in [0.1, 0.15) is 5.54 Å². The van der Waals surface area contributed by atoms with Crippen LogP contribution < -0.4 is 5.73 Å². The average Bonchev–Trinajstić information content (AvgIpc) is 2.18. The van der Waals surface area contributed by atoms with Crippen molar-refractivity contribution in [2.75, 3.05) is 0 Å². The zero-order valence-electron chi connectivity index (χ0n) is 9.36. The highest BCUT2D eigenvalue weighted by Crippen LogP contribution is 2.19. The van der Waals surface area contributed by atoms with Gasteiger partial charge in [0.15, 0.2) is 0 Å². The van der Waals surface area contributed by atoms with E-state index >= 15 is 0 Å². The second-order valence-electron chi connectivity index (χ2n) is 4.02. The molecule has 0 radical (unpaired) electrons. The Hall–Kier alpha value is -1.35. The molecule has 0 aliphatic rings. The van der Waals surface area contributed by atoms with E-state index in [0.717, 1.165) is 5.56 Å². The lowest BCUT2D eigenvalue weighted by Crippen LogP contribution is -2.44. The molecule has 0 heterocycles. The number of nitrogens with two attached hydrogens (primary N) is 1. The molecule has 0 aromatic heterocycles. The summed E-state index contributed by atoms with van der Waals surface area (Å²) in [6.07, 6.45) is -0.149. The van der Waals surface area contributed by atoms with Gasteiger partial charge >= 0.3 is 5.97 Å². The SMILES string of the molecule is CC(C)OC(=O)C(C)(N)c1ccccc1. The van der Waals surface area contributed by atoms with Gasteiger partial charge in [0.05, 0.1) is 6.10 Å². The molecule has 1 rings (SSSR count). The van der Waals surface area contributed by atoms with Crippen molar-refractivity contribution in [3.05, 3.63) is 35.9 Å². The molecule has 3 nitrogen and oxygen atoms in total. The molecule has 0 aliphatic heterocycles. The maximum atomic E-state index is 11.7. The zero-order chi connectivity index (χ0) is 11.5. The molecule has 0 spiro atoms. The first-order valence-corrected chi connectivity index (χ1v) is 5.00. The standard InChI is InChI=1S/C12H17NO2/c1-9(2)15-11(14)12(3,13)10-7-5-4-6-8-10/h4-9H,13H2,1-3H3. The van der Waals surface area contributed by atoms with Crippen molar-refractivity contribution < 1.29 is 9.53 Å². The predicted molar refractivity (Wildman–Crippen MR) is 59.2 cm³/mol. The van der Waals surface area contributed by atoms with Gasteiger partial charge in [-0.3, -0.25) is 0 Å².